The van der Waals surface area contributed by atoms with Crippen molar-refractivity contribution >= 4 is 5.91 Å². The molecule has 1 aliphatic heterocycles. The largest absolute Gasteiger partial charge is 0.333 e. The molecule has 0 N–H and O–H groups in total. The van der Waals surface area contributed by atoms with Crippen LogP contribution < -0.4 is 0 Å². The van der Waals surface area contributed by atoms with Gasteiger partial charge in [-0.15, -0.1) is 0 Å². The molecule has 0 bridgehead atoms. The summed E-state index contributed by atoms with van der Waals surface area (Å²) in [5.41, 5.74) is 3.68. The molecule has 1 fully saturated rings. The fourth-order valence-electron chi connectivity index (χ4n) is 3.59. The minimum Gasteiger partial charge on any atom is -0.333 e. The number of carbonyl (C=O) groups is 1. The minimum atomic E-state index is 0.146. The SMILES string of the molecule is C[C@H]1CN(Cc2ccc(C(C)(C)C)cc2)CCN1C(=O)c1ccccc1. The number of amides is 1. The lowest BCUT2D eigenvalue weighted by Crippen LogP contribution is -2.53. The van der Waals surface area contributed by atoms with Crippen LogP contribution >= 0.6 is 0 Å². The molecule has 0 aliphatic carbocycles. The maximum Gasteiger partial charge on any atom is 0.254 e. The summed E-state index contributed by atoms with van der Waals surface area (Å²) in [4.78, 5) is 17.2. The van der Waals surface area contributed by atoms with Crippen LogP contribution in [-0.4, -0.2) is 41.4 Å². The van der Waals surface area contributed by atoms with Crippen LogP contribution in [0, 0.1) is 0 Å². The van der Waals surface area contributed by atoms with Crippen molar-refractivity contribution in [2.75, 3.05) is 19.6 Å². The van der Waals surface area contributed by atoms with Crippen molar-refractivity contribution in [1.29, 1.82) is 0 Å². The highest BCUT2D eigenvalue weighted by molar-refractivity contribution is 5.94. The zero-order valence-electron chi connectivity index (χ0n) is 16.4. The van der Waals surface area contributed by atoms with Gasteiger partial charge in [-0.2, -0.15) is 0 Å². The Morgan fingerprint density at radius 2 is 1.65 bits per heavy atom. The van der Waals surface area contributed by atoms with Crippen LogP contribution in [0.5, 0.6) is 0 Å². The third kappa shape index (κ3) is 4.34. The first kappa shape index (κ1) is 18.7. The number of hydrogen-bond acceptors (Lipinski definition) is 2. The Hall–Kier alpha value is -2.13. The highest BCUT2D eigenvalue weighted by Gasteiger charge is 2.28. The molecular weight excluding hydrogens is 320 g/mol. The van der Waals surface area contributed by atoms with Gasteiger partial charge in [0.15, 0.2) is 0 Å². The van der Waals surface area contributed by atoms with Gasteiger partial charge in [0.05, 0.1) is 0 Å². The molecule has 1 amide bonds. The number of rotatable bonds is 3. The molecule has 0 unspecified atom stereocenters. The summed E-state index contributed by atoms with van der Waals surface area (Å²) in [7, 11) is 0. The van der Waals surface area contributed by atoms with Crippen molar-refractivity contribution in [3.05, 3.63) is 71.3 Å². The summed E-state index contributed by atoms with van der Waals surface area (Å²) < 4.78 is 0. The van der Waals surface area contributed by atoms with Crippen LogP contribution in [-0.2, 0) is 12.0 Å². The standard InChI is InChI=1S/C23H30N2O/c1-18-16-24(17-19-10-12-21(13-11-19)23(2,3)4)14-15-25(18)22(26)20-8-6-5-7-9-20/h5-13,18H,14-17H2,1-4H3/t18-/m0/s1. The molecule has 26 heavy (non-hydrogen) atoms. The van der Waals surface area contributed by atoms with Crippen molar-refractivity contribution in [3.63, 3.8) is 0 Å². The van der Waals surface area contributed by atoms with E-state index in [9.17, 15) is 4.79 Å². The summed E-state index contributed by atoms with van der Waals surface area (Å²) in [6.07, 6.45) is 0. The third-order valence-corrected chi connectivity index (χ3v) is 5.22. The van der Waals surface area contributed by atoms with E-state index in [-0.39, 0.29) is 17.4 Å². The molecule has 1 atom stereocenters. The van der Waals surface area contributed by atoms with Crippen molar-refractivity contribution < 1.29 is 4.79 Å². The van der Waals surface area contributed by atoms with Gasteiger partial charge < -0.3 is 4.90 Å². The van der Waals surface area contributed by atoms with Gasteiger partial charge in [0.2, 0.25) is 0 Å². The lowest BCUT2D eigenvalue weighted by Gasteiger charge is -2.40. The van der Waals surface area contributed by atoms with Gasteiger partial charge in [-0.3, -0.25) is 9.69 Å². The molecule has 1 aliphatic rings. The predicted molar refractivity (Wildman–Crippen MR) is 107 cm³/mol. The second-order valence-electron chi connectivity index (χ2n) is 8.40. The van der Waals surface area contributed by atoms with E-state index in [2.05, 4.69) is 56.9 Å². The lowest BCUT2D eigenvalue weighted by atomic mass is 9.87. The Balaban J connectivity index is 1.59. The fourth-order valence-corrected chi connectivity index (χ4v) is 3.59. The first-order valence-electron chi connectivity index (χ1n) is 9.52. The zero-order chi connectivity index (χ0) is 18.7. The average molecular weight is 351 g/mol. The summed E-state index contributed by atoms with van der Waals surface area (Å²) >= 11 is 0. The van der Waals surface area contributed by atoms with Gasteiger partial charge >= 0.3 is 0 Å². The van der Waals surface area contributed by atoms with Crippen molar-refractivity contribution in [1.82, 2.24) is 9.80 Å². The van der Waals surface area contributed by atoms with Crippen LogP contribution in [0.1, 0.15) is 49.2 Å². The Morgan fingerprint density at radius 3 is 2.23 bits per heavy atom. The Labute approximate surface area is 157 Å². The van der Waals surface area contributed by atoms with Gasteiger partial charge in [-0.25, -0.2) is 0 Å². The smallest absolute Gasteiger partial charge is 0.254 e. The molecule has 0 aromatic heterocycles. The van der Waals surface area contributed by atoms with E-state index < -0.39 is 0 Å². The summed E-state index contributed by atoms with van der Waals surface area (Å²) in [6, 6.07) is 18.8. The van der Waals surface area contributed by atoms with E-state index in [1.54, 1.807) is 0 Å². The predicted octanol–water partition coefficient (Wildman–Crippen LogP) is 4.33. The molecule has 1 heterocycles. The number of piperazine rings is 1. The van der Waals surface area contributed by atoms with E-state index in [1.807, 2.05) is 35.2 Å². The van der Waals surface area contributed by atoms with Gasteiger partial charge in [-0.05, 0) is 35.6 Å². The summed E-state index contributed by atoms with van der Waals surface area (Å²) in [6.45, 7) is 12.4. The van der Waals surface area contributed by atoms with Crippen molar-refractivity contribution in [2.24, 2.45) is 0 Å². The molecule has 138 valence electrons. The Bertz CT molecular complexity index is 731. The molecule has 0 saturated carbocycles. The molecule has 2 aromatic carbocycles. The molecule has 0 radical (unpaired) electrons. The molecule has 3 nitrogen and oxygen atoms in total. The Morgan fingerprint density at radius 1 is 1.00 bits per heavy atom. The highest BCUT2D eigenvalue weighted by atomic mass is 16.2. The maximum atomic E-state index is 12.7. The van der Waals surface area contributed by atoms with Crippen LogP contribution in [0.2, 0.25) is 0 Å². The number of benzene rings is 2. The topological polar surface area (TPSA) is 23.6 Å². The minimum absolute atomic E-state index is 0.146. The van der Waals surface area contributed by atoms with Crippen molar-refractivity contribution in [3.8, 4) is 0 Å². The molecule has 2 aromatic rings. The van der Waals surface area contributed by atoms with Gasteiger partial charge in [0.1, 0.15) is 0 Å². The quantitative estimate of drug-likeness (QED) is 0.822. The van der Waals surface area contributed by atoms with Crippen LogP contribution in [0.3, 0.4) is 0 Å². The van der Waals surface area contributed by atoms with Crippen LogP contribution in [0.15, 0.2) is 54.6 Å². The monoisotopic (exact) mass is 350 g/mol. The fraction of sp³-hybridized carbons (Fsp3) is 0.435. The lowest BCUT2D eigenvalue weighted by molar-refractivity contribution is 0.0475. The van der Waals surface area contributed by atoms with Gasteiger partial charge in [0, 0.05) is 37.8 Å². The van der Waals surface area contributed by atoms with Crippen LogP contribution in [0.25, 0.3) is 0 Å². The van der Waals surface area contributed by atoms with E-state index in [0.29, 0.717) is 0 Å². The third-order valence-electron chi connectivity index (χ3n) is 5.22. The number of carbonyl (C=O) groups excluding carboxylic acids is 1. The first-order chi connectivity index (χ1) is 12.3. The molecule has 3 rings (SSSR count). The zero-order valence-corrected chi connectivity index (χ0v) is 16.4. The molecular formula is C23H30N2O. The molecule has 0 spiro atoms. The normalized spacial score (nSPS) is 18.8. The van der Waals surface area contributed by atoms with Gasteiger partial charge in [0.25, 0.3) is 5.91 Å². The maximum absolute atomic E-state index is 12.7. The average Bonchev–Trinajstić information content (AvgIpc) is 2.62. The molecule has 3 heteroatoms. The summed E-state index contributed by atoms with van der Waals surface area (Å²) in [5.74, 6) is 0.146. The second-order valence-corrected chi connectivity index (χ2v) is 8.40. The number of hydrogen-bond donors (Lipinski definition) is 0. The highest BCUT2D eigenvalue weighted by Crippen LogP contribution is 2.23. The van der Waals surface area contributed by atoms with Crippen LogP contribution in [0.4, 0.5) is 0 Å². The van der Waals surface area contributed by atoms with Crippen molar-refractivity contribution in [2.45, 2.75) is 45.7 Å². The number of nitrogens with zero attached hydrogens (tertiary/aromatic N) is 2. The second kappa shape index (κ2) is 7.63. The Kier molecular flexibility index (Phi) is 5.47. The van der Waals surface area contributed by atoms with E-state index >= 15 is 0 Å². The van der Waals surface area contributed by atoms with E-state index in [4.69, 9.17) is 0 Å². The summed E-state index contributed by atoms with van der Waals surface area (Å²) in [5, 5.41) is 0. The molecule has 1 saturated heterocycles. The van der Waals surface area contributed by atoms with E-state index in [1.165, 1.54) is 11.1 Å². The van der Waals surface area contributed by atoms with E-state index in [0.717, 1.165) is 31.7 Å². The first-order valence-corrected chi connectivity index (χ1v) is 9.52. The van der Waals surface area contributed by atoms with Gasteiger partial charge in [-0.1, -0.05) is 63.2 Å².